The van der Waals surface area contributed by atoms with Crippen LogP contribution in [0.4, 0.5) is 5.69 Å². The number of nitrogens with zero attached hydrogens (tertiary/aromatic N) is 1. The molecule has 0 unspecified atom stereocenters. The van der Waals surface area contributed by atoms with Crippen molar-refractivity contribution in [3.05, 3.63) is 65.2 Å². The first-order chi connectivity index (χ1) is 9.25. The Morgan fingerprint density at radius 3 is 2.47 bits per heavy atom. The van der Waals surface area contributed by atoms with Gasteiger partial charge in [0.25, 0.3) is 0 Å². The summed E-state index contributed by atoms with van der Waals surface area (Å²) < 4.78 is 0. The van der Waals surface area contributed by atoms with Crippen molar-refractivity contribution in [2.75, 3.05) is 11.4 Å². The van der Waals surface area contributed by atoms with Crippen LogP contribution in [0.2, 0.25) is 0 Å². The van der Waals surface area contributed by atoms with Crippen LogP contribution < -0.4 is 10.6 Å². The van der Waals surface area contributed by atoms with E-state index in [2.05, 4.69) is 60.4 Å². The Balaban J connectivity index is 1.93. The van der Waals surface area contributed by atoms with E-state index < -0.39 is 0 Å². The van der Waals surface area contributed by atoms with Gasteiger partial charge >= 0.3 is 0 Å². The molecule has 19 heavy (non-hydrogen) atoms. The fourth-order valence-corrected chi connectivity index (χ4v) is 2.86. The predicted octanol–water partition coefficient (Wildman–Crippen LogP) is 3.27. The number of rotatable bonds is 2. The number of para-hydroxylation sites is 1. The number of nitrogens with two attached hydrogens (primary N) is 1. The van der Waals surface area contributed by atoms with Crippen LogP contribution in [0.15, 0.2) is 48.5 Å². The first-order valence-corrected chi connectivity index (χ1v) is 6.92. The van der Waals surface area contributed by atoms with Gasteiger partial charge in [0.15, 0.2) is 0 Å². The zero-order valence-corrected chi connectivity index (χ0v) is 11.3. The quantitative estimate of drug-likeness (QED) is 0.889. The highest BCUT2D eigenvalue weighted by molar-refractivity contribution is 5.56. The van der Waals surface area contributed by atoms with Crippen LogP contribution in [0.1, 0.15) is 29.7 Å². The summed E-state index contributed by atoms with van der Waals surface area (Å²) in [4.78, 5) is 2.45. The van der Waals surface area contributed by atoms with Crippen LogP contribution in [0.25, 0.3) is 0 Å². The number of anilines is 1. The van der Waals surface area contributed by atoms with Gasteiger partial charge in [-0.2, -0.15) is 0 Å². The molecule has 3 rings (SSSR count). The molecule has 0 fully saturated rings. The normalized spacial score (nSPS) is 16.0. The average Bonchev–Trinajstić information content (AvgIpc) is 2.46. The van der Waals surface area contributed by atoms with Gasteiger partial charge in [-0.25, -0.2) is 0 Å². The molecule has 0 spiro atoms. The molecule has 0 amide bonds. The highest BCUT2D eigenvalue weighted by Crippen LogP contribution is 2.29. The first kappa shape index (κ1) is 12.2. The van der Waals surface area contributed by atoms with E-state index in [0.717, 1.165) is 19.5 Å². The molecule has 0 bridgehead atoms. The average molecular weight is 252 g/mol. The number of benzene rings is 2. The molecular formula is C17H20N2. The summed E-state index contributed by atoms with van der Waals surface area (Å²) in [6.45, 7) is 4.11. The summed E-state index contributed by atoms with van der Waals surface area (Å²) >= 11 is 0. The van der Waals surface area contributed by atoms with Gasteiger partial charge in [-0.15, -0.1) is 0 Å². The van der Waals surface area contributed by atoms with Crippen LogP contribution in [0.5, 0.6) is 0 Å². The summed E-state index contributed by atoms with van der Waals surface area (Å²) in [6.07, 6.45) is 1.11. The fraction of sp³-hybridized carbons (Fsp3) is 0.294. The van der Waals surface area contributed by atoms with Crippen molar-refractivity contribution in [3.8, 4) is 0 Å². The Bertz CT molecular complexity index is 575. The lowest BCUT2D eigenvalue weighted by Crippen LogP contribution is -2.31. The zero-order chi connectivity index (χ0) is 13.2. The smallest absolute Gasteiger partial charge is 0.0432 e. The molecule has 0 aromatic heterocycles. The number of hydrogen-bond acceptors (Lipinski definition) is 2. The molecule has 1 aliphatic heterocycles. The van der Waals surface area contributed by atoms with Crippen LogP contribution in [-0.2, 0) is 13.0 Å². The zero-order valence-electron chi connectivity index (χ0n) is 11.3. The third-order valence-corrected chi connectivity index (χ3v) is 3.90. The highest BCUT2D eigenvalue weighted by atomic mass is 15.1. The van der Waals surface area contributed by atoms with Gasteiger partial charge in [0, 0.05) is 24.8 Å². The van der Waals surface area contributed by atoms with Crippen molar-refractivity contribution in [2.45, 2.75) is 25.9 Å². The Morgan fingerprint density at radius 1 is 1.00 bits per heavy atom. The molecule has 1 atom stereocenters. The van der Waals surface area contributed by atoms with Crippen molar-refractivity contribution in [1.29, 1.82) is 0 Å². The highest BCUT2D eigenvalue weighted by Gasteiger charge is 2.18. The largest absolute Gasteiger partial charge is 0.367 e. The molecule has 2 aromatic carbocycles. The SMILES string of the molecule is C[C@H](N)c1ccccc1N1CCc2ccccc2C1. The summed E-state index contributed by atoms with van der Waals surface area (Å²) in [6, 6.07) is 17.3. The van der Waals surface area contributed by atoms with E-state index in [1.54, 1.807) is 0 Å². The maximum Gasteiger partial charge on any atom is 0.0432 e. The van der Waals surface area contributed by atoms with Gasteiger partial charge in [0.2, 0.25) is 0 Å². The molecule has 0 aliphatic carbocycles. The van der Waals surface area contributed by atoms with E-state index in [9.17, 15) is 0 Å². The lowest BCUT2D eigenvalue weighted by molar-refractivity contribution is 0.716. The Morgan fingerprint density at radius 2 is 1.68 bits per heavy atom. The summed E-state index contributed by atoms with van der Waals surface area (Å²) in [7, 11) is 0. The van der Waals surface area contributed by atoms with Crippen molar-refractivity contribution in [1.82, 2.24) is 0 Å². The van der Waals surface area contributed by atoms with Gasteiger partial charge in [0.05, 0.1) is 0 Å². The van der Waals surface area contributed by atoms with Gasteiger partial charge in [0.1, 0.15) is 0 Å². The number of fused-ring (bicyclic) bond motifs is 1. The molecule has 2 N–H and O–H groups in total. The second-order valence-corrected chi connectivity index (χ2v) is 5.29. The fourth-order valence-electron chi connectivity index (χ4n) is 2.86. The minimum Gasteiger partial charge on any atom is -0.367 e. The first-order valence-electron chi connectivity index (χ1n) is 6.92. The second-order valence-electron chi connectivity index (χ2n) is 5.29. The summed E-state index contributed by atoms with van der Waals surface area (Å²) in [5.74, 6) is 0. The van der Waals surface area contributed by atoms with Gasteiger partial charge in [-0.05, 0) is 36.1 Å². The van der Waals surface area contributed by atoms with E-state index in [1.165, 1.54) is 22.4 Å². The van der Waals surface area contributed by atoms with Crippen molar-refractivity contribution < 1.29 is 0 Å². The van der Waals surface area contributed by atoms with E-state index >= 15 is 0 Å². The van der Waals surface area contributed by atoms with Crippen molar-refractivity contribution in [2.24, 2.45) is 5.73 Å². The molecular weight excluding hydrogens is 232 g/mol. The second kappa shape index (κ2) is 5.06. The van der Waals surface area contributed by atoms with Crippen LogP contribution in [0.3, 0.4) is 0 Å². The molecule has 2 heteroatoms. The molecule has 0 saturated heterocycles. The maximum absolute atomic E-state index is 6.09. The topological polar surface area (TPSA) is 29.3 Å². The number of hydrogen-bond donors (Lipinski definition) is 1. The summed E-state index contributed by atoms with van der Waals surface area (Å²) in [5, 5.41) is 0. The molecule has 98 valence electrons. The maximum atomic E-state index is 6.09. The van der Waals surface area contributed by atoms with Crippen molar-refractivity contribution >= 4 is 5.69 Å². The monoisotopic (exact) mass is 252 g/mol. The van der Waals surface area contributed by atoms with Crippen molar-refractivity contribution in [3.63, 3.8) is 0 Å². The minimum absolute atomic E-state index is 0.0772. The molecule has 2 aromatic rings. The van der Waals surface area contributed by atoms with Crippen LogP contribution in [0, 0.1) is 0 Å². The molecule has 2 nitrogen and oxygen atoms in total. The van der Waals surface area contributed by atoms with Gasteiger partial charge in [-0.3, -0.25) is 0 Å². The predicted molar refractivity (Wildman–Crippen MR) is 80.2 cm³/mol. The lowest BCUT2D eigenvalue weighted by Gasteiger charge is -2.32. The summed E-state index contributed by atoms with van der Waals surface area (Å²) in [5.41, 5.74) is 11.5. The molecule has 1 heterocycles. The van der Waals surface area contributed by atoms with E-state index in [0.29, 0.717) is 0 Å². The molecule has 0 radical (unpaired) electrons. The third kappa shape index (κ3) is 2.36. The van der Waals surface area contributed by atoms with Gasteiger partial charge in [-0.1, -0.05) is 42.5 Å². The Kier molecular flexibility index (Phi) is 3.26. The van der Waals surface area contributed by atoms with Crippen LogP contribution >= 0.6 is 0 Å². The molecule has 0 saturated carbocycles. The standard InChI is InChI=1S/C17H20N2/c1-13(18)16-8-4-5-9-17(16)19-11-10-14-6-2-3-7-15(14)12-19/h2-9,13H,10-12,18H2,1H3/t13-/m0/s1. The van der Waals surface area contributed by atoms with Gasteiger partial charge < -0.3 is 10.6 Å². The van der Waals surface area contributed by atoms with E-state index in [1.807, 2.05) is 0 Å². The van der Waals surface area contributed by atoms with E-state index in [4.69, 9.17) is 5.73 Å². The Hall–Kier alpha value is -1.80. The Labute approximate surface area is 114 Å². The van der Waals surface area contributed by atoms with Crippen LogP contribution in [-0.4, -0.2) is 6.54 Å². The minimum atomic E-state index is 0.0772. The lowest BCUT2D eigenvalue weighted by atomic mass is 9.98. The molecule has 1 aliphatic rings. The van der Waals surface area contributed by atoms with E-state index in [-0.39, 0.29) is 6.04 Å². The third-order valence-electron chi connectivity index (χ3n) is 3.90.